The van der Waals surface area contributed by atoms with E-state index in [9.17, 15) is 4.79 Å². The van der Waals surface area contributed by atoms with Crippen LogP contribution in [0.1, 0.15) is 25.1 Å². The minimum absolute atomic E-state index is 0.101. The van der Waals surface area contributed by atoms with Crippen molar-refractivity contribution in [1.29, 1.82) is 0 Å². The normalized spacial score (nSPS) is 12.1. The number of nitrogens with two attached hydrogens (primary N) is 1. The highest BCUT2D eigenvalue weighted by molar-refractivity contribution is 8.05. The highest BCUT2D eigenvalue weighted by atomic mass is 32.2. The molecule has 3 N–H and O–H groups in total. The molecule has 19 heavy (non-hydrogen) atoms. The molecular formula is C13H20N4OS. The molecule has 104 valence electrons. The number of allylic oxidation sites excluding steroid dienone is 1. The Bertz CT molecular complexity index is 491. The number of hydrogen-bond acceptors (Lipinski definition) is 4. The Morgan fingerprint density at radius 3 is 2.89 bits per heavy atom. The lowest BCUT2D eigenvalue weighted by Crippen LogP contribution is -2.26. The van der Waals surface area contributed by atoms with Gasteiger partial charge in [-0.05, 0) is 31.2 Å². The average molecular weight is 280 g/mol. The van der Waals surface area contributed by atoms with Gasteiger partial charge in [-0.1, -0.05) is 24.8 Å². The van der Waals surface area contributed by atoms with Crippen LogP contribution in [0.2, 0.25) is 0 Å². The summed E-state index contributed by atoms with van der Waals surface area (Å²) < 4.78 is 1.67. The van der Waals surface area contributed by atoms with Gasteiger partial charge in [-0.15, -0.1) is 0 Å². The van der Waals surface area contributed by atoms with Gasteiger partial charge in [0.15, 0.2) is 0 Å². The van der Waals surface area contributed by atoms with Gasteiger partial charge >= 0.3 is 0 Å². The molecule has 0 atom stereocenters. The van der Waals surface area contributed by atoms with Crippen molar-refractivity contribution in [2.45, 2.75) is 33.7 Å². The van der Waals surface area contributed by atoms with Gasteiger partial charge in [0.2, 0.25) is 5.91 Å². The number of thioether (sulfide) groups is 1. The van der Waals surface area contributed by atoms with Crippen LogP contribution in [0.15, 0.2) is 28.9 Å². The lowest BCUT2D eigenvalue weighted by Gasteiger charge is -2.06. The van der Waals surface area contributed by atoms with Crippen molar-refractivity contribution in [3.63, 3.8) is 0 Å². The summed E-state index contributed by atoms with van der Waals surface area (Å²) in [5.41, 5.74) is 7.41. The van der Waals surface area contributed by atoms with E-state index in [1.807, 2.05) is 26.1 Å². The molecule has 5 nitrogen and oxygen atoms in total. The molecule has 0 unspecified atom stereocenters. The van der Waals surface area contributed by atoms with E-state index in [4.69, 9.17) is 5.73 Å². The number of carbonyl (C=O) groups is 1. The average Bonchev–Trinajstić information content (AvgIpc) is 2.74. The first kappa shape index (κ1) is 15.4. The second-order valence-corrected chi connectivity index (χ2v) is 4.89. The summed E-state index contributed by atoms with van der Waals surface area (Å²) in [6, 6.07) is 0. The summed E-state index contributed by atoms with van der Waals surface area (Å²) >= 11 is 1.37. The van der Waals surface area contributed by atoms with Gasteiger partial charge < -0.3 is 11.1 Å². The molecule has 0 saturated heterocycles. The summed E-state index contributed by atoms with van der Waals surface area (Å²) in [6.07, 6.45) is 6.10. The molecule has 0 aliphatic heterocycles. The van der Waals surface area contributed by atoms with E-state index in [0.29, 0.717) is 0 Å². The zero-order valence-electron chi connectivity index (χ0n) is 11.5. The largest absolute Gasteiger partial charge is 0.404 e. The standard InChI is InChI=1S/C13H20N4OS/c1-4-11-8-17(16-10(11)3)9-12(18)15-13(5-2)19-7-6-14/h5-8H,4,9,14H2,1-3H3,(H,15,18)/b7-6-,13-5-. The number of nitrogens with one attached hydrogen (secondary N) is 1. The quantitative estimate of drug-likeness (QED) is 0.834. The fraction of sp³-hybridized carbons (Fsp3) is 0.385. The van der Waals surface area contributed by atoms with Crippen molar-refractivity contribution in [1.82, 2.24) is 15.1 Å². The van der Waals surface area contributed by atoms with Crippen LogP contribution in [0.5, 0.6) is 0 Å². The maximum atomic E-state index is 11.9. The van der Waals surface area contributed by atoms with Crippen LogP contribution < -0.4 is 11.1 Å². The predicted octanol–water partition coefficient (Wildman–Crippen LogP) is 1.89. The maximum Gasteiger partial charge on any atom is 0.246 e. The monoisotopic (exact) mass is 280 g/mol. The van der Waals surface area contributed by atoms with Gasteiger partial charge in [0, 0.05) is 12.4 Å². The van der Waals surface area contributed by atoms with Crippen LogP contribution in [0.3, 0.4) is 0 Å². The van der Waals surface area contributed by atoms with Crippen LogP contribution in [0.25, 0.3) is 0 Å². The summed E-state index contributed by atoms with van der Waals surface area (Å²) in [4.78, 5) is 11.9. The number of rotatable bonds is 6. The number of amides is 1. The smallest absolute Gasteiger partial charge is 0.246 e. The highest BCUT2D eigenvalue weighted by Crippen LogP contribution is 2.13. The topological polar surface area (TPSA) is 72.9 Å². The summed E-state index contributed by atoms with van der Waals surface area (Å²) in [5, 5.41) is 9.59. The first-order chi connectivity index (χ1) is 9.10. The summed E-state index contributed by atoms with van der Waals surface area (Å²) in [5.74, 6) is -0.101. The first-order valence-electron chi connectivity index (χ1n) is 6.13. The van der Waals surface area contributed by atoms with Crippen LogP contribution in [-0.4, -0.2) is 15.7 Å². The zero-order valence-corrected chi connectivity index (χ0v) is 12.3. The molecule has 0 fully saturated rings. The number of hydrogen-bond donors (Lipinski definition) is 2. The van der Waals surface area contributed by atoms with Gasteiger partial charge in [0.05, 0.1) is 10.7 Å². The molecule has 1 amide bonds. The van der Waals surface area contributed by atoms with E-state index in [1.54, 1.807) is 10.1 Å². The highest BCUT2D eigenvalue weighted by Gasteiger charge is 2.08. The molecule has 0 aromatic carbocycles. The summed E-state index contributed by atoms with van der Waals surface area (Å²) in [7, 11) is 0. The van der Waals surface area contributed by atoms with E-state index in [1.165, 1.54) is 23.5 Å². The Labute approximate surface area is 117 Å². The molecule has 1 aromatic rings. The molecule has 0 aliphatic carbocycles. The van der Waals surface area contributed by atoms with Crippen LogP contribution >= 0.6 is 11.8 Å². The second-order valence-electron chi connectivity index (χ2n) is 3.94. The van der Waals surface area contributed by atoms with E-state index in [2.05, 4.69) is 17.3 Å². The Morgan fingerprint density at radius 2 is 2.37 bits per heavy atom. The van der Waals surface area contributed by atoms with Crippen LogP contribution in [0, 0.1) is 6.92 Å². The SMILES string of the molecule is C/C=C(/NC(=O)Cn1cc(CC)c(C)n1)S/C=C\N. The minimum atomic E-state index is -0.101. The molecule has 0 spiro atoms. The Balaban J connectivity index is 2.59. The summed E-state index contributed by atoms with van der Waals surface area (Å²) in [6.45, 7) is 6.10. The molecule has 1 rings (SSSR count). The van der Waals surface area contributed by atoms with Gasteiger partial charge in [0.1, 0.15) is 6.54 Å². The van der Waals surface area contributed by atoms with Crippen molar-refractivity contribution in [2.24, 2.45) is 5.73 Å². The Hall–Kier alpha value is -1.69. The van der Waals surface area contributed by atoms with Crippen molar-refractivity contribution in [3.05, 3.63) is 40.2 Å². The third-order valence-corrected chi connectivity index (χ3v) is 3.42. The predicted molar refractivity (Wildman–Crippen MR) is 79.2 cm³/mol. The first-order valence-corrected chi connectivity index (χ1v) is 7.01. The van der Waals surface area contributed by atoms with E-state index in [0.717, 1.165) is 17.1 Å². The molecule has 1 aromatic heterocycles. The molecule has 1 heterocycles. The van der Waals surface area contributed by atoms with E-state index in [-0.39, 0.29) is 12.5 Å². The third-order valence-electron chi connectivity index (χ3n) is 2.53. The maximum absolute atomic E-state index is 11.9. The number of aryl methyl sites for hydroxylation is 2. The van der Waals surface area contributed by atoms with Crippen molar-refractivity contribution >= 4 is 17.7 Å². The molecule has 0 radical (unpaired) electrons. The molecule has 6 heteroatoms. The lowest BCUT2D eigenvalue weighted by molar-refractivity contribution is -0.120. The zero-order chi connectivity index (χ0) is 14.3. The fourth-order valence-electron chi connectivity index (χ4n) is 1.59. The molecule has 0 bridgehead atoms. The van der Waals surface area contributed by atoms with Gasteiger partial charge in [-0.3, -0.25) is 9.48 Å². The van der Waals surface area contributed by atoms with Crippen LogP contribution in [-0.2, 0) is 17.8 Å². The van der Waals surface area contributed by atoms with E-state index >= 15 is 0 Å². The van der Waals surface area contributed by atoms with Crippen LogP contribution in [0.4, 0.5) is 0 Å². The minimum Gasteiger partial charge on any atom is -0.404 e. The second kappa shape index (κ2) is 7.68. The molecule has 0 aliphatic rings. The molecule has 0 saturated carbocycles. The fourth-order valence-corrected chi connectivity index (χ4v) is 2.13. The van der Waals surface area contributed by atoms with Gasteiger partial charge in [0.25, 0.3) is 0 Å². The number of carbonyl (C=O) groups excluding carboxylic acids is 1. The molecular weight excluding hydrogens is 260 g/mol. The van der Waals surface area contributed by atoms with Gasteiger partial charge in [-0.2, -0.15) is 5.10 Å². The van der Waals surface area contributed by atoms with Crippen molar-refractivity contribution < 1.29 is 4.79 Å². The number of aromatic nitrogens is 2. The van der Waals surface area contributed by atoms with E-state index < -0.39 is 0 Å². The third kappa shape index (κ3) is 4.82. The number of nitrogens with zero attached hydrogens (tertiary/aromatic N) is 2. The Kier molecular flexibility index (Phi) is 6.21. The lowest BCUT2D eigenvalue weighted by atomic mass is 10.2. The Morgan fingerprint density at radius 1 is 1.63 bits per heavy atom. The van der Waals surface area contributed by atoms with Gasteiger partial charge in [-0.25, -0.2) is 0 Å². The van der Waals surface area contributed by atoms with Crippen molar-refractivity contribution in [3.8, 4) is 0 Å². The van der Waals surface area contributed by atoms with Crippen molar-refractivity contribution in [2.75, 3.05) is 0 Å².